The molecule has 0 saturated carbocycles. The summed E-state index contributed by atoms with van der Waals surface area (Å²) >= 11 is 1.73. The lowest BCUT2D eigenvalue weighted by molar-refractivity contribution is 0.791. The molecule has 0 fully saturated rings. The SMILES string of the molecule is CN=C(NCCc1ccc2ccccc2c1)NCc1nc(C)c(C)s1.I. The van der Waals surface area contributed by atoms with Crippen molar-refractivity contribution in [2.24, 2.45) is 4.99 Å². The third-order valence-corrected chi connectivity index (χ3v) is 5.30. The quantitative estimate of drug-likeness (QED) is 0.323. The highest BCUT2D eigenvalue weighted by Gasteiger charge is 2.05. The van der Waals surface area contributed by atoms with Crippen molar-refractivity contribution in [1.29, 1.82) is 0 Å². The van der Waals surface area contributed by atoms with Crippen LogP contribution in [0.3, 0.4) is 0 Å². The lowest BCUT2D eigenvalue weighted by Crippen LogP contribution is -2.37. The number of hydrogen-bond donors (Lipinski definition) is 2. The van der Waals surface area contributed by atoms with Gasteiger partial charge in [-0.1, -0.05) is 42.5 Å². The monoisotopic (exact) mass is 480 g/mol. The lowest BCUT2D eigenvalue weighted by atomic mass is 10.1. The Hall–Kier alpha value is -1.67. The molecule has 0 bridgehead atoms. The summed E-state index contributed by atoms with van der Waals surface area (Å²) in [6, 6.07) is 15.1. The number of aryl methyl sites for hydroxylation is 2. The Labute approximate surface area is 176 Å². The Morgan fingerprint density at radius 1 is 1.08 bits per heavy atom. The Morgan fingerprint density at radius 3 is 2.54 bits per heavy atom. The van der Waals surface area contributed by atoms with Gasteiger partial charge in [-0.2, -0.15) is 0 Å². The summed E-state index contributed by atoms with van der Waals surface area (Å²) in [6.07, 6.45) is 0.959. The minimum Gasteiger partial charge on any atom is -0.356 e. The molecule has 6 heteroatoms. The Balaban J connectivity index is 0.00000243. The zero-order chi connectivity index (χ0) is 17.6. The van der Waals surface area contributed by atoms with Crippen molar-refractivity contribution in [2.45, 2.75) is 26.8 Å². The van der Waals surface area contributed by atoms with Crippen molar-refractivity contribution < 1.29 is 0 Å². The molecule has 3 rings (SSSR count). The minimum absolute atomic E-state index is 0. The number of aliphatic imine (C=N–C) groups is 1. The molecule has 1 aromatic heterocycles. The van der Waals surface area contributed by atoms with Crippen LogP contribution in [0.25, 0.3) is 10.8 Å². The first-order valence-electron chi connectivity index (χ1n) is 8.51. The van der Waals surface area contributed by atoms with E-state index in [1.165, 1.54) is 21.2 Å². The molecular weight excluding hydrogens is 455 g/mol. The Bertz CT molecular complexity index is 869. The highest BCUT2D eigenvalue weighted by molar-refractivity contribution is 14.0. The van der Waals surface area contributed by atoms with Gasteiger partial charge in [-0.05, 0) is 36.6 Å². The number of thiazole rings is 1. The van der Waals surface area contributed by atoms with Crippen LogP contribution in [0.5, 0.6) is 0 Å². The summed E-state index contributed by atoms with van der Waals surface area (Å²) in [7, 11) is 1.80. The van der Waals surface area contributed by atoms with E-state index in [-0.39, 0.29) is 24.0 Å². The molecule has 138 valence electrons. The summed E-state index contributed by atoms with van der Waals surface area (Å²) in [4.78, 5) is 10.1. The summed E-state index contributed by atoms with van der Waals surface area (Å²) < 4.78 is 0. The fraction of sp³-hybridized carbons (Fsp3) is 0.300. The van der Waals surface area contributed by atoms with E-state index in [0.717, 1.165) is 29.6 Å². The standard InChI is InChI=1S/C20H24N4S.HI/c1-14-15(2)25-19(24-14)13-23-20(21-3)22-11-10-16-8-9-17-6-4-5-7-18(17)12-16;/h4-9,12H,10-11,13H2,1-3H3,(H2,21,22,23);1H. The zero-order valence-electron chi connectivity index (χ0n) is 15.4. The number of fused-ring (bicyclic) bond motifs is 1. The molecule has 0 aliphatic heterocycles. The molecule has 0 aliphatic rings. The maximum absolute atomic E-state index is 4.55. The van der Waals surface area contributed by atoms with E-state index in [4.69, 9.17) is 0 Å². The van der Waals surface area contributed by atoms with Gasteiger partial charge in [0.15, 0.2) is 5.96 Å². The first-order chi connectivity index (χ1) is 12.2. The number of benzene rings is 2. The van der Waals surface area contributed by atoms with Crippen LogP contribution in [0.4, 0.5) is 0 Å². The van der Waals surface area contributed by atoms with E-state index in [1.807, 2.05) is 6.92 Å². The van der Waals surface area contributed by atoms with Crippen LogP contribution in [-0.2, 0) is 13.0 Å². The second-order valence-electron chi connectivity index (χ2n) is 6.03. The van der Waals surface area contributed by atoms with Crippen LogP contribution in [0.2, 0.25) is 0 Å². The van der Waals surface area contributed by atoms with Gasteiger partial charge >= 0.3 is 0 Å². The number of guanidine groups is 1. The number of nitrogens with one attached hydrogen (secondary N) is 2. The Kier molecular flexibility index (Phi) is 7.84. The zero-order valence-corrected chi connectivity index (χ0v) is 18.5. The van der Waals surface area contributed by atoms with Gasteiger partial charge in [0.25, 0.3) is 0 Å². The highest BCUT2D eigenvalue weighted by atomic mass is 127. The van der Waals surface area contributed by atoms with Gasteiger partial charge in [0.05, 0.1) is 12.2 Å². The molecule has 2 N–H and O–H groups in total. The molecular formula is C20H25IN4S. The Morgan fingerprint density at radius 2 is 1.85 bits per heavy atom. The van der Waals surface area contributed by atoms with Gasteiger partial charge < -0.3 is 10.6 Å². The van der Waals surface area contributed by atoms with Crippen molar-refractivity contribution in [3.63, 3.8) is 0 Å². The number of nitrogens with zero attached hydrogens (tertiary/aromatic N) is 2. The number of rotatable bonds is 5. The first kappa shape index (κ1) is 20.6. The molecule has 0 aliphatic carbocycles. The van der Waals surface area contributed by atoms with Crippen molar-refractivity contribution >= 4 is 52.0 Å². The van der Waals surface area contributed by atoms with Crippen LogP contribution in [0, 0.1) is 13.8 Å². The summed E-state index contributed by atoms with van der Waals surface area (Å²) in [6.45, 7) is 5.70. The van der Waals surface area contributed by atoms with Crippen molar-refractivity contribution in [2.75, 3.05) is 13.6 Å². The van der Waals surface area contributed by atoms with E-state index in [0.29, 0.717) is 6.54 Å². The van der Waals surface area contributed by atoms with Crippen LogP contribution in [-0.4, -0.2) is 24.5 Å². The normalized spacial score (nSPS) is 11.3. The predicted molar refractivity (Wildman–Crippen MR) is 123 cm³/mol. The van der Waals surface area contributed by atoms with Crippen molar-refractivity contribution in [3.8, 4) is 0 Å². The van der Waals surface area contributed by atoms with E-state index in [2.05, 4.69) is 70.0 Å². The number of aromatic nitrogens is 1. The summed E-state index contributed by atoms with van der Waals surface area (Å²) in [5, 5.41) is 10.4. The van der Waals surface area contributed by atoms with Gasteiger partial charge in [-0.25, -0.2) is 4.98 Å². The molecule has 0 saturated heterocycles. The molecule has 0 amide bonds. The van der Waals surface area contributed by atoms with E-state index in [9.17, 15) is 0 Å². The van der Waals surface area contributed by atoms with Crippen LogP contribution >= 0.6 is 35.3 Å². The average molecular weight is 480 g/mol. The molecule has 0 unspecified atom stereocenters. The smallest absolute Gasteiger partial charge is 0.191 e. The second-order valence-corrected chi connectivity index (χ2v) is 7.32. The van der Waals surface area contributed by atoms with Crippen LogP contribution in [0.1, 0.15) is 21.1 Å². The van der Waals surface area contributed by atoms with Crippen LogP contribution in [0.15, 0.2) is 47.5 Å². The third kappa shape index (κ3) is 5.41. The summed E-state index contributed by atoms with van der Waals surface area (Å²) in [5.74, 6) is 0.811. The van der Waals surface area contributed by atoms with E-state index < -0.39 is 0 Å². The number of halogens is 1. The van der Waals surface area contributed by atoms with Crippen molar-refractivity contribution in [1.82, 2.24) is 15.6 Å². The average Bonchev–Trinajstić information content (AvgIpc) is 2.95. The maximum atomic E-state index is 4.55. The van der Waals surface area contributed by atoms with Gasteiger partial charge in [0.1, 0.15) is 5.01 Å². The molecule has 1 heterocycles. The van der Waals surface area contributed by atoms with E-state index in [1.54, 1.807) is 18.4 Å². The molecule has 0 spiro atoms. The molecule has 2 aromatic carbocycles. The molecule has 4 nitrogen and oxygen atoms in total. The second kappa shape index (κ2) is 9.87. The highest BCUT2D eigenvalue weighted by Crippen LogP contribution is 2.16. The first-order valence-corrected chi connectivity index (χ1v) is 9.32. The topological polar surface area (TPSA) is 49.3 Å². The summed E-state index contributed by atoms with van der Waals surface area (Å²) in [5.41, 5.74) is 2.44. The lowest BCUT2D eigenvalue weighted by Gasteiger charge is -2.11. The minimum atomic E-state index is 0. The van der Waals surface area contributed by atoms with Gasteiger partial charge in [0, 0.05) is 18.5 Å². The number of hydrogen-bond acceptors (Lipinski definition) is 3. The van der Waals surface area contributed by atoms with E-state index >= 15 is 0 Å². The van der Waals surface area contributed by atoms with Gasteiger partial charge in [0.2, 0.25) is 0 Å². The van der Waals surface area contributed by atoms with Gasteiger partial charge in [-0.3, -0.25) is 4.99 Å². The largest absolute Gasteiger partial charge is 0.356 e. The fourth-order valence-electron chi connectivity index (χ4n) is 2.71. The van der Waals surface area contributed by atoms with Crippen molar-refractivity contribution in [3.05, 3.63) is 63.6 Å². The molecule has 26 heavy (non-hydrogen) atoms. The molecule has 0 atom stereocenters. The van der Waals surface area contributed by atoms with Crippen LogP contribution < -0.4 is 10.6 Å². The predicted octanol–water partition coefficient (Wildman–Crippen LogP) is 4.44. The fourth-order valence-corrected chi connectivity index (χ4v) is 3.59. The molecule has 3 aromatic rings. The third-order valence-electron chi connectivity index (χ3n) is 4.22. The molecule has 0 radical (unpaired) electrons. The van der Waals surface area contributed by atoms with Gasteiger partial charge in [-0.15, -0.1) is 35.3 Å². The maximum Gasteiger partial charge on any atom is 0.191 e.